The predicted molar refractivity (Wildman–Crippen MR) is 119 cm³/mol. The zero-order valence-electron chi connectivity index (χ0n) is 18.6. The molecule has 1 fully saturated rings. The summed E-state index contributed by atoms with van der Waals surface area (Å²) in [5, 5.41) is 0. The van der Waals surface area contributed by atoms with Crippen LogP contribution in [0.15, 0.2) is 48.5 Å². The Morgan fingerprint density at radius 3 is 2.06 bits per heavy atom. The number of benzene rings is 2. The summed E-state index contributed by atoms with van der Waals surface area (Å²) >= 11 is 0. The molecular formula is C25H30N2O4. The van der Waals surface area contributed by atoms with Crippen LogP contribution in [0, 0.1) is 0 Å². The molecule has 2 aliphatic rings. The second-order valence-corrected chi connectivity index (χ2v) is 9.27. The number of fused-ring (bicyclic) bond motifs is 3. The Morgan fingerprint density at radius 2 is 1.52 bits per heavy atom. The van der Waals surface area contributed by atoms with Gasteiger partial charge in [0.25, 0.3) is 0 Å². The Balaban J connectivity index is 1.38. The summed E-state index contributed by atoms with van der Waals surface area (Å²) in [6.07, 6.45) is -0.676. The van der Waals surface area contributed by atoms with Crippen molar-refractivity contribution in [3.63, 3.8) is 0 Å². The van der Waals surface area contributed by atoms with Gasteiger partial charge in [-0.15, -0.1) is 0 Å². The SMILES string of the molecule is CC1CN(C(=O)OC(C)(C)C)CCN1C(=O)OCC1c2ccccc2-c2ccccc21. The van der Waals surface area contributed by atoms with E-state index in [2.05, 4.69) is 24.3 Å². The minimum Gasteiger partial charge on any atom is -0.448 e. The molecule has 1 saturated heterocycles. The van der Waals surface area contributed by atoms with Crippen molar-refractivity contribution < 1.29 is 19.1 Å². The van der Waals surface area contributed by atoms with Crippen molar-refractivity contribution in [1.82, 2.24) is 9.80 Å². The lowest BCUT2D eigenvalue weighted by Crippen LogP contribution is -2.56. The molecule has 0 bridgehead atoms. The Labute approximate surface area is 183 Å². The summed E-state index contributed by atoms with van der Waals surface area (Å²) in [4.78, 5) is 28.6. The van der Waals surface area contributed by atoms with Crippen molar-refractivity contribution in [2.45, 2.75) is 45.3 Å². The zero-order valence-corrected chi connectivity index (χ0v) is 18.6. The first kappa shape index (κ1) is 21.2. The molecule has 1 aliphatic heterocycles. The van der Waals surface area contributed by atoms with Crippen LogP contribution in [0.2, 0.25) is 0 Å². The smallest absolute Gasteiger partial charge is 0.410 e. The minimum absolute atomic E-state index is 0.0368. The van der Waals surface area contributed by atoms with Crippen molar-refractivity contribution in [3.8, 4) is 11.1 Å². The number of carbonyl (C=O) groups excluding carboxylic acids is 2. The molecule has 0 aromatic heterocycles. The van der Waals surface area contributed by atoms with Crippen molar-refractivity contribution in [2.75, 3.05) is 26.2 Å². The number of amides is 2. The van der Waals surface area contributed by atoms with Crippen molar-refractivity contribution >= 4 is 12.2 Å². The summed E-state index contributed by atoms with van der Waals surface area (Å²) < 4.78 is 11.2. The van der Waals surface area contributed by atoms with Gasteiger partial charge >= 0.3 is 12.2 Å². The van der Waals surface area contributed by atoms with Gasteiger partial charge in [0.05, 0.1) is 6.04 Å². The molecule has 164 valence electrons. The van der Waals surface area contributed by atoms with Crippen molar-refractivity contribution in [2.24, 2.45) is 0 Å². The van der Waals surface area contributed by atoms with Crippen LogP contribution in [-0.4, -0.2) is 59.9 Å². The van der Waals surface area contributed by atoms with E-state index in [0.717, 1.165) is 0 Å². The molecule has 6 heteroatoms. The van der Waals surface area contributed by atoms with Crippen LogP contribution in [0.25, 0.3) is 11.1 Å². The van der Waals surface area contributed by atoms with Gasteiger partial charge in [-0.1, -0.05) is 48.5 Å². The molecule has 2 amide bonds. The highest BCUT2D eigenvalue weighted by atomic mass is 16.6. The molecule has 6 nitrogen and oxygen atoms in total. The monoisotopic (exact) mass is 422 g/mol. The van der Waals surface area contributed by atoms with E-state index in [-0.39, 0.29) is 24.1 Å². The predicted octanol–water partition coefficient (Wildman–Crippen LogP) is 4.88. The Kier molecular flexibility index (Phi) is 5.65. The fourth-order valence-corrected chi connectivity index (χ4v) is 4.40. The average Bonchev–Trinajstić information content (AvgIpc) is 3.04. The highest BCUT2D eigenvalue weighted by Crippen LogP contribution is 2.44. The first-order valence-corrected chi connectivity index (χ1v) is 10.8. The summed E-state index contributed by atoms with van der Waals surface area (Å²) in [7, 11) is 0. The molecule has 2 aromatic rings. The molecule has 0 radical (unpaired) electrons. The molecule has 2 aromatic carbocycles. The second kappa shape index (κ2) is 8.25. The molecule has 0 saturated carbocycles. The van der Waals surface area contributed by atoms with Crippen LogP contribution in [0.1, 0.15) is 44.7 Å². The summed E-state index contributed by atoms with van der Waals surface area (Å²) in [6, 6.07) is 16.4. The molecular weight excluding hydrogens is 392 g/mol. The standard InChI is InChI=1S/C25H30N2O4/c1-17-15-26(23(28)31-25(2,3)4)13-14-27(17)24(29)30-16-22-20-11-7-5-9-18(20)19-10-6-8-12-21(19)22/h5-12,17,22H,13-16H2,1-4H3. The van der Waals surface area contributed by atoms with E-state index in [0.29, 0.717) is 26.2 Å². The van der Waals surface area contributed by atoms with Gasteiger partial charge in [0.1, 0.15) is 12.2 Å². The van der Waals surface area contributed by atoms with E-state index in [1.54, 1.807) is 9.80 Å². The number of hydrogen-bond donors (Lipinski definition) is 0. The summed E-state index contributed by atoms with van der Waals surface area (Å²) in [5.41, 5.74) is 4.26. The van der Waals surface area contributed by atoms with Crippen LogP contribution in [0.3, 0.4) is 0 Å². The van der Waals surface area contributed by atoms with Gasteiger partial charge in [-0.2, -0.15) is 0 Å². The molecule has 1 heterocycles. The van der Waals surface area contributed by atoms with Gasteiger partial charge in [0.2, 0.25) is 0 Å². The normalized spacial score (nSPS) is 18.4. The van der Waals surface area contributed by atoms with E-state index in [4.69, 9.17) is 9.47 Å². The summed E-state index contributed by atoms with van der Waals surface area (Å²) in [5.74, 6) is 0.0368. The molecule has 1 aliphatic carbocycles. The third-order valence-corrected chi connectivity index (χ3v) is 5.85. The molecule has 31 heavy (non-hydrogen) atoms. The van der Waals surface area contributed by atoms with Crippen molar-refractivity contribution in [1.29, 1.82) is 0 Å². The third kappa shape index (κ3) is 4.38. The van der Waals surface area contributed by atoms with E-state index in [1.807, 2.05) is 52.0 Å². The van der Waals surface area contributed by atoms with E-state index >= 15 is 0 Å². The molecule has 1 atom stereocenters. The molecule has 0 N–H and O–H groups in total. The lowest BCUT2D eigenvalue weighted by Gasteiger charge is -2.39. The average molecular weight is 423 g/mol. The summed E-state index contributed by atoms with van der Waals surface area (Å²) in [6.45, 7) is 9.06. The first-order chi connectivity index (χ1) is 14.7. The van der Waals surface area contributed by atoms with E-state index in [1.165, 1.54) is 22.3 Å². The molecule has 0 spiro atoms. The van der Waals surface area contributed by atoms with Gasteiger partial charge in [0.15, 0.2) is 0 Å². The molecule has 1 unspecified atom stereocenters. The Hall–Kier alpha value is -3.02. The van der Waals surface area contributed by atoms with E-state index < -0.39 is 5.60 Å². The van der Waals surface area contributed by atoms with Crippen LogP contribution < -0.4 is 0 Å². The van der Waals surface area contributed by atoms with Gasteiger partial charge in [-0.3, -0.25) is 0 Å². The third-order valence-electron chi connectivity index (χ3n) is 5.85. The van der Waals surface area contributed by atoms with Crippen LogP contribution in [0.4, 0.5) is 9.59 Å². The number of piperazine rings is 1. The van der Waals surface area contributed by atoms with Gasteiger partial charge < -0.3 is 19.3 Å². The number of ether oxygens (including phenoxy) is 2. The fourth-order valence-electron chi connectivity index (χ4n) is 4.40. The van der Waals surface area contributed by atoms with E-state index in [9.17, 15) is 9.59 Å². The number of carbonyl (C=O) groups is 2. The highest BCUT2D eigenvalue weighted by Gasteiger charge is 2.34. The lowest BCUT2D eigenvalue weighted by atomic mass is 9.98. The van der Waals surface area contributed by atoms with Crippen LogP contribution in [0.5, 0.6) is 0 Å². The quantitative estimate of drug-likeness (QED) is 0.692. The fraction of sp³-hybridized carbons (Fsp3) is 0.440. The maximum atomic E-state index is 12.9. The zero-order chi connectivity index (χ0) is 22.2. The lowest BCUT2D eigenvalue weighted by molar-refractivity contribution is 0.00379. The number of hydrogen-bond acceptors (Lipinski definition) is 4. The topological polar surface area (TPSA) is 59.1 Å². The van der Waals surface area contributed by atoms with Crippen molar-refractivity contribution in [3.05, 3.63) is 59.7 Å². The maximum Gasteiger partial charge on any atom is 0.410 e. The number of nitrogens with zero attached hydrogens (tertiary/aromatic N) is 2. The largest absolute Gasteiger partial charge is 0.448 e. The highest BCUT2D eigenvalue weighted by molar-refractivity contribution is 5.79. The Bertz CT molecular complexity index is 936. The first-order valence-electron chi connectivity index (χ1n) is 10.8. The van der Waals surface area contributed by atoms with Gasteiger partial charge in [-0.25, -0.2) is 9.59 Å². The number of rotatable bonds is 2. The Morgan fingerprint density at radius 1 is 0.935 bits per heavy atom. The van der Waals surface area contributed by atoms with Gasteiger partial charge in [0, 0.05) is 25.6 Å². The maximum absolute atomic E-state index is 12.9. The second-order valence-electron chi connectivity index (χ2n) is 9.27. The minimum atomic E-state index is -0.537. The van der Waals surface area contributed by atoms with Gasteiger partial charge in [-0.05, 0) is 49.9 Å². The van der Waals surface area contributed by atoms with Crippen LogP contribution >= 0.6 is 0 Å². The molecule has 4 rings (SSSR count). The van der Waals surface area contributed by atoms with Crippen LogP contribution in [-0.2, 0) is 9.47 Å².